The van der Waals surface area contributed by atoms with Gasteiger partial charge in [0.2, 0.25) is 5.82 Å². The molecule has 0 unspecified atom stereocenters. The summed E-state index contributed by atoms with van der Waals surface area (Å²) in [6, 6.07) is 9.04. The molecular weight excluding hydrogens is 270 g/mol. The van der Waals surface area contributed by atoms with Crippen molar-refractivity contribution in [2.75, 3.05) is 5.73 Å². The molecule has 6 heteroatoms. The number of benzene rings is 1. The van der Waals surface area contributed by atoms with Crippen molar-refractivity contribution in [2.45, 2.75) is 0 Å². The summed E-state index contributed by atoms with van der Waals surface area (Å²) >= 11 is 7.65. The summed E-state index contributed by atoms with van der Waals surface area (Å²) in [7, 11) is 0. The van der Waals surface area contributed by atoms with Crippen LogP contribution in [0, 0.1) is 0 Å². The Balaban J connectivity index is 2.03. The third-order valence-corrected chi connectivity index (χ3v) is 3.57. The molecular formula is C12H8ClN3OS. The number of rotatable bonds is 2. The fraction of sp³-hybridized carbons (Fsp3) is 0. The lowest BCUT2D eigenvalue weighted by atomic mass is 10.2. The van der Waals surface area contributed by atoms with Crippen molar-refractivity contribution in [2.24, 2.45) is 0 Å². The predicted octanol–water partition coefficient (Wildman–Crippen LogP) is 3.70. The average Bonchev–Trinajstić information content (AvgIpc) is 2.99. The Labute approximate surface area is 112 Å². The van der Waals surface area contributed by atoms with E-state index in [9.17, 15) is 0 Å². The number of nitrogens with zero attached hydrogens (tertiary/aromatic N) is 2. The first-order valence-corrected chi connectivity index (χ1v) is 6.43. The van der Waals surface area contributed by atoms with Gasteiger partial charge in [0.25, 0.3) is 5.89 Å². The molecule has 0 amide bonds. The molecule has 2 heterocycles. The first-order chi connectivity index (χ1) is 8.74. The van der Waals surface area contributed by atoms with E-state index in [1.54, 1.807) is 29.5 Å². The summed E-state index contributed by atoms with van der Waals surface area (Å²) in [5.41, 5.74) is 6.92. The van der Waals surface area contributed by atoms with Crippen LogP contribution in [0.1, 0.15) is 0 Å². The van der Waals surface area contributed by atoms with Gasteiger partial charge in [-0.3, -0.25) is 0 Å². The second-order valence-corrected chi connectivity index (χ2v) is 4.99. The molecule has 2 aromatic heterocycles. The van der Waals surface area contributed by atoms with E-state index in [1.165, 1.54) is 0 Å². The van der Waals surface area contributed by atoms with Crippen LogP contribution in [-0.4, -0.2) is 10.1 Å². The standard InChI is InChI=1S/C12H8ClN3OS/c13-9-6-7(14)3-4-8(9)12-15-11(16-17-12)10-2-1-5-18-10/h1-6H,14H2. The maximum atomic E-state index is 6.09. The van der Waals surface area contributed by atoms with Crippen molar-refractivity contribution < 1.29 is 4.52 Å². The van der Waals surface area contributed by atoms with Gasteiger partial charge in [-0.25, -0.2) is 0 Å². The highest BCUT2D eigenvalue weighted by atomic mass is 35.5. The molecule has 18 heavy (non-hydrogen) atoms. The number of hydrogen-bond acceptors (Lipinski definition) is 5. The van der Waals surface area contributed by atoms with Crippen molar-refractivity contribution >= 4 is 28.6 Å². The molecule has 0 fully saturated rings. The molecule has 0 atom stereocenters. The second-order valence-electron chi connectivity index (χ2n) is 3.64. The Morgan fingerprint density at radius 3 is 2.89 bits per heavy atom. The van der Waals surface area contributed by atoms with Gasteiger partial charge in [-0.05, 0) is 29.6 Å². The van der Waals surface area contributed by atoms with Crippen molar-refractivity contribution in [3.05, 3.63) is 40.7 Å². The second kappa shape index (κ2) is 4.44. The van der Waals surface area contributed by atoms with Gasteiger partial charge in [0, 0.05) is 5.69 Å². The topological polar surface area (TPSA) is 64.9 Å². The van der Waals surface area contributed by atoms with Crippen molar-refractivity contribution in [3.63, 3.8) is 0 Å². The van der Waals surface area contributed by atoms with Gasteiger partial charge in [0.1, 0.15) is 0 Å². The van der Waals surface area contributed by atoms with Crippen molar-refractivity contribution in [1.29, 1.82) is 0 Å². The minimum atomic E-state index is 0.392. The van der Waals surface area contributed by atoms with Crippen LogP contribution in [0.15, 0.2) is 40.2 Å². The molecule has 0 aliphatic heterocycles. The van der Waals surface area contributed by atoms with E-state index in [0.29, 0.717) is 28.0 Å². The van der Waals surface area contributed by atoms with Crippen LogP contribution in [0.2, 0.25) is 5.02 Å². The van der Waals surface area contributed by atoms with Crippen LogP contribution < -0.4 is 5.73 Å². The highest BCUT2D eigenvalue weighted by Crippen LogP contribution is 2.30. The zero-order valence-corrected chi connectivity index (χ0v) is 10.7. The molecule has 90 valence electrons. The molecule has 0 aliphatic carbocycles. The summed E-state index contributed by atoms with van der Waals surface area (Å²) in [6.07, 6.45) is 0. The summed E-state index contributed by atoms with van der Waals surface area (Å²) in [6.45, 7) is 0. The molecule has 0 aliphatic rings. The monoisotopic (exact) mass is 277 g/mol. The van der Waals surface area contributed by atoms with E-state index >= 15 is 0 Å². The van der Waals surface area contributed by atoms with Gasteiger partial charge in [0.15, 0.2) is 0 Å². The molecule has 0 radical (unpaired) electrons. The number of anilines is 1. The van der Waals surface area contributed by atoms with Gasteiger partial charge in [-0.15, -0.1) is 11.3 Å². The average molecular weight is 278 g/mol. The maximum absolute atomic E-state index is 6.09. The Morgan fingerprint density at radius 2 is 2.17 bits per heavy atom. The molecule has 0 spiro atoms. The molecule has 2 N–H and O–H groups in total. The smallest absolute Gasteiger partial charge is 0.259 e. The molecule has 1 aromatic carbocycles. The van der Waals surface area contributed by atoms with Crippen LogP contribution in [0.5, 0.6) is 0 Å². The van der Waals surface area contributed by atoms with Crippen molar-refractivity contribution in [1.82, 2.24) is 10.1 Å². The third-order valence-electron chi connectivity index (χ3n) is 2.39. The number of halogens is 1. The number of aromatic nitrogens is 2. The lowest BCUT2D eigenvalue weighted by Gasteiger charge is -1.99. The van der Waals surface area contributed by atoms with E-state index in [1.807, 2.05) is 17.5 Å². The minimum absolute atomic E-state index is 0.392. The Hall–Kier alpha value is -1.85. The molecule has 3 aromatic rings. The van der Waals surface area contributed by atoms with E-state index in [2.05, 4.69) is 10.1 Å². The Morgan fingerprint density at radius 1 is 1.28 bits per heavy atom. The first-order valence-electron chi connectivity index (χ1n) is 5.17. The number of nitrogens with two attached hydrogens (primary N) is 1. The quantitative estimate of drug-likeness (QED) is 0.725. The lowest BCUT2D eigenvalue weighted by molar-refractivity contribution is 0.432. The normalized spacial score (nSPS) is 10.7. The number of nitrogen functional groups attached to an aromatic ring is 1. The number of thiophene rings is 1. The predicted molar refractivity (Wildman–Crippen MR) is 72.5 cm³/mol. The Bertz CT molecular complexity index is 678. The van der Waals surface area contributed by atoms with E-state index < -0.39 is 0 Å². The van der Waals surface area contributed by atoms with Gasteiger partial charge >= 0.3 is 0 Å². The Kier molecular flexibility index (Phi) is 2.77. The van der Waals surface area contributed by atoms with Gasteiger partial charge < -0.3 is 10.3 Å². The van der Waals surface area contributed by atoms with Gasteiger partial charge in [-0.2, -0.15) is 4.98 Å². The summed E-state index contributed by atoms with van der Waals surface area (Å²) in [5, 5.41) is 6.39. The number of hydrogen-bond donors (Lipinski definition) is 1. The van der Waals surface area contributed by atoms with Crippen LogP contribution in [-0.2, 0) is 0 Å². The molecule has 0 bridgehead atoms. The maximum Gasteiger partial charge on any atom is 0.259 e. The zero-order valence-electron chi connectivity index (χ0n) is 9.13. The highest BCUT2D eigenvalue weighted by molar-refractivity contribution is 7.13. The highest BCUT2D eigenvalue weighted by Gasteiger charge is 2.13. The molecule has 4 nitrogen and oxygen atoms in total. The minimum Gasteiger partial charge on any atom is -0.399 e. The fourth-order valence-electron chi connectivity index (χ4n) is 1.54. The largest absolute Gasteiger partial charge is 0.399 e. The third kappa shape index (κ3) is 1.98. The van der Waals surface area contributed by atoms with Crippen LogP contribution in [0.3, 0.4) is 0 Å². The summed E-state index contributed by atoms with van der Waals surface area (Å²) in [4.78, 5) is 5.28. The van der Waals surface area contributed by atoms with Gasteiger partial charge in [0.05, 0.1) is 15.5 Å². The zero-order chi connectivity index (χ0) is 12.5. The lowest BCUT2D eigenvalue weighted by Crippen LogP contribution is -1.86. The molecule has 0 saturated carbocycles. The van der Waals surface area contributed by atoms with E-state index in [0.717, 1.165) is 4.88 Å². The SMILES string of the molecule is Nc1ccc(-c2nc(-c3cccs3)no2)c(Cl)c1. The summed E-state index contributed by atoms with van der Waals surface area (Å²) in [5.74, 6) is 0.955. The molecule has 0 saturated heterocycles. The van der Waals surface area contributed by atoms with E-state index in [4.69, 9.17) is 21.9 Å². The fourth-order valence-corrected chi connectivity index (χ4v) is 2.46. The van der Waals surface area contributed by atoms with Crippen LogP contribution in [0.4, 0.5) is 5.69 Å². The van der Waals surface area contributed by atoms with Gasteiger partial charge in [-0.1, -0.05) is 22.8 Å². The molecule has 3 rings (SSSR count). The van der Waals surface area contributed by atoms with Crippen LogP contribution >= 0.6 is 22.9 Å². The first kappa shape index (κ1) is 11.3. The van der Waals surface area contributed by atoms with Crippen LogP contribution in [0.25, 0.3) is 22.2 Å². The summed E-state index contributed by atoms with van der Waals surface area (Å²) < 4.78 is 5.22. The van der Waals surface area contributed by atoms with E-state index in [-0.39, 0.29) is 0 Å². The van der Waals surface area contributed by atoms with Crippen molar-refractivity contribution in [3.8, 4) is 22.2 Å².